The predicted octanol–water partition coefficient (Wildman–Crippen LogP) is 3.97. The molecule has 4 aromatic rings. The Hall–Kier alpha value is -3.45. The molecule has 1 saturated heterocycles. The molecule has 4 heterocycles. The Morgan fingerprint density at radius 2 is 1.94 bits per heavy atom. The highest BCUT2D eigenvalue weighted by Crippen LogP contribution is 2.34. The maximum atomic E-state index is 13.7. The molecule has 1 amide bonds. The molecule has 0 spiro atoms. The van der Waals surface area contributed by atoms with Crippen LogP contribution in [0.15, 0.2) is 47.4 Å². The molecule has 1 unspecified atom stereocenters. The van der Waals surface area contributed by atoms with Crippen molar-refractivity contribution in [1.29, 1.82) is 0 Å². The molecule has 0 radical (unpaired) electrons. The summed E-state index contributed by atoms with van der Waals surface area (Å²) in [6, 6.07) is 12.0. The minimum atomic E-state index is -0.199. The van der Waals surface area contributed by atoms with Gasteiger partial charge in [-0.25, -0.2) is 4.98 Å². The van der Waals surface area contributed by atoms with E-state index in [1.807, 2.05) is 46.6 Å². The van der Waals surface area contributed by atoms with Crippen molar-refractivity contribution in [2.75, 3.05) is 18.1 Å². The molecule has 2 aromatic heterocycles. The highest BCUT2D eigenvalue weighted by Gasteiger charge is 2.32. The average Bonchev–Trinajstić information content (AvgIpc) is 3.41. The van der Waals surface area contributed by atoms with E-state index in [0.29, 0.717) is 29.8 Å². The highest BCUT2D eigenvalue weighted by atomic mass is 16.5. The molecule has 2 aliphatic heterocycles. The van der Waals surface area contributed by atoms with Gasteiger partial charge in [0.05, 0.1) is 17.2 Å². The normalized spacial score (nSPS) is 18.8. The zero-order valence-corrected chi connectivity index (χ0v) is 18.8. The lowest BCUT2D eigenvalue weighted by molar-refractivity contribution is 0.0835. The molecule has 7 heteroatoms. The zero-order valence-electron chi connectivity index (χ0n) is 18.8. The number of fused-ring (bicyclic) bond motifs is 4. The van der Waals surface area contributed by atoms with E-state index < -0.39 is 0 Å². The number of anilines is 1. The fourth-order valence-corrected chi connectivity index (χ4v) is 5.42. The Kier molecular flexibility index (Phi) is 4.62. The molecule has 33 heavy (non-hydrogen) atoms. The van der Waals surface area contributed by atoms with Crippen LogP contribution in [0.3, 0.4) is 0 Å². The molecule has 6 rings (SSSR count). The quantitative estimate of drug-likeness (QED) is 0.509. The standard InChI is InChI=1S/C26H26N4O3/c1-15-11-22-20(13-19(15)26(32)29-16(2)12-18-5-3-4-6-21(18)29)28-25(31)23-14-27-24(30(22)23)17-7-9-33-10-8-17/h3-6,11,13-14,16-17H,7-10,12H2,1-2H3,(H,28,31). The lowest BCUT2D eigenvalue weighted by atomic mass is 9.99. The van der Waals surface area contributed by atoms with Crippen LogP contribution >= 0.6 is 0 Å². The van der Waals surface area contributed by atoms with Crippen molar-refractivity contribution in [3.63, 3.8) is 0 Å². The van der Waals surface area contributed by atoms with Crippen molar-refractivity contribution in [2.45, 2.75) is 45.1 Å². The molecule has 0 saturated carbocycles. The van der Waals surface area contributed by atoms with E-state index in [4.69, 9.17) is 4.74 Å². The maximum Gasteiger partial charge on any atom is 0.274 e. The van der Waals surface area contributed by atoms with Gasteiger partial charge >= 0.3 is 0 Å². The second-order valence-corrected chi connectivity index (χ2v) is 9.22. The highest BCUT2D eigenvalue weighted by molar-refractivity contribution is 6.10. The van der Waals surface area contributed by atoms with Crippen LogP contribution in [0.4, 0.5) is 5.69 Å². The first-order valence-electron chi connectivity index (χ1n) is 11.6. The predicted molar refractivity (Wildman–Crippen MR) is 127 cm³/mol. The van der Waals surface area contributed by atoms with E-state index in [1.54, 1.807) is 6.20 Å². The van der Waals surface area contributed by atoms with Gasteiger partial charge < -0.3 is 14.6 Å². The minimum absolute atomic E-state index is 0.0388. The van der Waals surface area contributed by atoms with Gasteiger partial charge in [-0.05, 0) is 62.4 Å². The lowest BCUT2D eigenvalue weighted by Gasteiger charge is -2.24. The molecule has 2 aliphatic rings. The average molecular weight is 443 g/mol. The van der Waals surface area contributed by atoms with Crippen molar-refractivity contribution in [1.82, 2.24) is 14.4 Å². The number of aromatic amines is 1. The first-order chi connectivity index (χ1) is 16.0. The minimum Gasteiger partial charge on any atom is -0.381 e. The smallest absolute Gasteiger partial charge is 0.274 e. The van der Waals surface area contributed by atoms with Gasteiger partial charge in [-0.15, -0.1) is 0 Å². The number of hydrogen-bond acceptors (Lipinski definition) is 4. The van der Waals surface area contributed by atoms with Crippen molar-refractivity contribution < 1.29 is 9.53 Å². The number of nitrogens with zero attached hydrogens (tertiary/aromatic N) is 3. The van der Waals surface area contributed by atoms with Gasteiger partial charge in [0.1, 0.15) is 11.3 Å². The number of nitrogens with one attached hydrogen (secondary N) is 1. The number of benzene rings is 2. The summed E-state index contributed by atoms with van der Waals surface area (Å²) in [5, 5.41) is 0. The van der Waals surface area contributed by atoms with Crippen molar-refractivity contribution >= 4 is 28.1 Å². The van der Waals surface area contributed by atoms with Gasteiger partial charge in [0.15, 0.2) is 0 Å². The molecule has 1 N–H and O–H groups in total. The second kappa shape index (κ2) is 7.56. The number of ether oxygens (including phenoxy) is 1. The number of carbonyl (C=O) groups excluding carboxylic acids is 1. The summed E-state index contributed by atoms with van der Waals surface area (Å²) < 4.78 is 7.49. The van der Waals surface area contributed by atoms with Crippen molar-refractivity contribution in [3.8, 4) is 0 Å². The van der Waals surface area contributed by atoms with Crippen LogP contribution in [-0.4, -0.2) is 39.5 Å². The molecule has 168 valence electrons. The lowest BCUT2D eigenvalue weighted by Crippen LogP contribution is -2.36. The van der Waals surface area contributed by atoms with E-state index in [9.17, 15) is 9.59 Å². The number of amides is 1. The van der Waals surface area contributed by atoms with E-state index in [1.165, 1.54) is 5.56 Å². The summed E-state index contributed by atoms with van der Waals surface area (Å²) in [6.07, 6.45) is 4.26. The number of para-hydroxylation sites is 1. The first kappa shape index (κ1) is 20.2. The van der Waals surface area contributed by atoms with Crippen LogP contribution < -0.4 is 10.5 Å². The molecule has 2 aromatic carbocycles. The van der Waals surface area contributed by atoms with E-state index >= 15 is 0 Å². The van der Waals surface area contributed by atoms with Crippen LogP contribution in [0.1, 0.15) is 53.0 Å². The Bertz CT molecular complexity index is 1460. The van der Waals surface area contributed by atoms with E-state index in [2.05, 4.69) is 23.0 Å². The number of hydrogen-bond donors (Lipinski definition) is 1. The largest absolute Gasteiger partial charge is 0.381 e. The van der Waals surface area contributed by atoms with Crippen LogP contribution in [0.25, 0.3) is 16.6 Å². The van der Waals surface area contributed by atoms with Crippen LogP contribution in [0, 0.1) is 6.92 Å². The Morgan fingerprint density at radius 3 is 2.76 bits per heavy atom. The molecule has 0 aliphatic carbocycles. The summed E-state index contributed by atoms with van der Waals surface area (Å²) >= 11 is 0. The summed E-state index contributed by atoms with van der Waals surface area (Å²) in [6.45, 7) is 5.44. The molecule has 0 bridgehead atoms. The third kappa shape index (κ3) is 3.10. The Balaban J connectivity index is 1.50. The summed E-state index contributed by atoms with van der Waals surface area (Å²) in [4.78, 5) is 36.1. The van der Waals surface area contributed by atoms with Gasteiger partial charge in [-0.2, -0.15) is 0 Å². The number of rotatable bonds is 2. The van der Waals surface area contributed by atoms with Gasteiger partial charge in [-0.1, -0.05) is 18.2 Å². The molecular weight excluding hydrogens is 416 g/mol. The summed E-state index contributed by atoms with van der Waals surface area (Å²) in [5.41, 5.74) is 5.49. The Labute approximate surface area is 191 Å². The number of aromatic nitrogens is 3. The van der Waals surface area contributed by atoms with Crippen LogP contribution in [-0.2, 0) is 11.2 Å². The molecule has 1 atom stereocenters. The Morgan fingerprint density at radius 1 is 1.15 bits per heavy atom. The fraction of sp³-hybridized carbons (Fsp3) is 0.346. The van der Waals surface area contributed by atoms with Crippen LogP contribution in [0.2, 0.25) is 0 Å². The van der Waals surface area contributed by atoms with Gasteiger partial charge in [0.2, 0.25) is 0 Å². The van der Waals surface area contributed by atoms with E-state index in [0.717, 1.165) is 41.9 Å². The van der Waals surface area contributed by atoms with Crippen molar-refractivity contribution in [3.05, 3.63) is 75.5 Å². The fourth-order valence-electron chi connectivity index (χ4n) is 5.42. The maximum absolute atomic E-state index is 13.7. The first-order valence-corrected chi connectivity index (χ1v) is 11.6. The third-order valence-corrected chi connectivity index (χ3v) is 7.10. The topological polar surface area (TPSA) is 79.7 Å². The third-order valence-electron chi connectivity index (χ3n) is 7.10. The SMILES string of the molecule is Cc1cc2c(cc1C(=O)N1c3ccccc3CC1C)[nH]c(=O)c1cnc(C3CCOCC3)n12. The zero-order chi connectivity index (χ0) is 22.7. The van der Waals surface area contributed by atoms with Crippen LogP contribution in [0.5, 0.6) is 0 Å². The van der Waals surface area contributed by atoms with Crippen molar-refractivity contribution in [2.24, 2.45) is 0 Å². The van der Waals surface area contributed by atoms with E-state index in [-0.39, 0.29) is 23.4 Å². The number of H-pyrrole nitrogens is 1. The second-order valence-electron chi connectivity index (χ2n) is 9.22. The van der Waals surface area contributed by atoms with Gasteiger partial charge in [-0.3, -0.25) is 14.0 Å². The van der Waals surface area contributed by atoms with Gasteiger partial charge in [0, 0.05) is 36.4 Å². The molecule has 1 fully saturated rings. The number of aryl methyl sites for hydroxylation is 1. The summed E-state index contributed by atoms with van der Waals surface area (Å²) in [5.74, 6) is 1.10. The molecule has 7 nitrogen and oxygen atoms in total. The van der Waals surface area contributed by atoms with Gasteiger partial charge in [0.25, 0.3) is 11.5 Å². The monoisotopic (exact) mass is 442 g/mol. The number of carbonyl (C=O) groups is 1. The summed E-state index contributed by atoms with van der Waals surface area (Å²) in [7, 11) is 0. The number of imidazole rings is 1. The molecular formula is C26H26N4O3.